The Morgan fingerprint density at radius 2 is 1.83 bits per heavy atom. The van der Waals surface area contributed by atoms with Crippen LogP contribution < -0.4 is 15.5 Å². The number of nitrogens with one attached hydrogen (secondary N) is 2. The zero-order valence-corrected chi connectivity index (χ0v) is 17.2. The van der Waals surface area contributed by atoms with Crippen molar-refractivity contribution >= 4 is 17.7 Å². The van der Waals surface area contributed by atoms with E-state index < -0.39 is 0 Å². The molecule has 2 aromatic carbocycles. The zero-order valence-electron chi connectivity index (χ0n) is 17.2. The summed E-state index contributed by atoms with van der Waals surface area (Å²) >= 11 is 0. The Hall–Kier alpha value is -3.41. The van der Waals surface area contributed by atoms with Gasteiger partial charge in [-0.3, -0.25) is 4.79 Å². The molecule has 1 amide bonds. The standard InChI is InChI=1S/C24H27N5O/c1-18(19-9-4-2-5-10-19)27-24-25-15-14-22(28-24)29-16-8-13-21(29)17-26-23(30)20-11-6-3-7-12-20/h2-7,9-12,14-15,18,21H,8,13,16-17H2,1H3,(H,26,30)(H,25,27,28)/t18-,21-/m0/s1. The van der Waals surface area contributed by atoms with E-state index in [0.29, 0.717) is 18.1 Å². The van der Waals surface area contributed by atoms with Crippen LogP contribution in [0.2, 0.25) is 0 Å². The van der Waals surface area contributed by atoms with Crippen molar-refractivity contribution in [3.63, 3.8) is 0 Å². The van der Waals surface area contributed by atoms with Crippen molar-refractivity contribution in [1.82, 2.24) is 15.3 Å². The monoisotopic (exact) mass is 401 g/mol. The number of carbonyl (C=O) groups is 1. The van der Waals surface area contributed by atoms with Gasteiger partial charge in [0.05, 0.1) is 6.04 Å². The quantitative estimate of drug-likeness (QED) is 0.625. The number of hydrogen-bond donors (Lipinski definition) is 2. The van der Waals surface area contributed by atoms with Gasteiger partial charge in [0.25, 0.3) is 5.91 Å². The summed E-state index contributed by atoms with van der Waals surface area (Å²) in [5, 5.41) is 6.46. The zero-order chi connectivity index (χ0) is 20.8. The molecule has 30 heavy (non-hydrogen) atoms. The van der Waals surface area contributed by atoms with Gasteiger partial charge in [-0.2, -0.15) is 4.98 Å². The molecule has 2 atom stereocenters. The Balaban J connectivity index is 1.40. The van der Waals surface area contributed by atoms with Crippen LogP contribution in [0.5, 0.6) is 0 Å². The van der Waals surface area contributed by atoms with Crippen molar-refractivity contribution in [2.45, 2.75) is 31.8 Å². The van der Waals surface area contributed by atoms with Gasteiger partial charge in [0.1, 0.15) is 5.82 Å². The van der Waals surface area contributed by atoms with E-state index in [2.05, 4.69) is 39.6 Å². The first-order chi connectivity index (χ1) is 14.7. The molecule has 0 spiro atoms. The van der Waals surface area contributed by atoms with E-state index in [4.69, 9.17) is 4.98 Å². The van der Waals surface area contributed by atoms with Gasteiger partial charge >= 0.3 is 0 Å². The number of anilines is 2. The van der Waals surface area contributed by atoms with Crippen LogP contribution in [-0.2, 0) is 0 Å². The Bertz CT molecular complexity index is 964. The summed E-state index contributed by atoms with van der Waals surface area (Å²) in [6.07, 6.45) is 3.90. The Labute approximate surface area is 177 Å². The molecule has 1 fully saturated rings. The maximum Gasteiger partial charge on any atom is 0.251 e. The van der Waals surface area contributed by atoms with E-state index in [1.807, 2.05) is 54.6 Å². The van der Waals surface area contributed by atoms with Crippen LogP contribution in [0.1, 0.15) is 41.7 Å². The molecule has 154 valence electrons. The number of benzene rings is 2. The molecule has 1 aliphatic heterocycles. The number of carbonyl (C=O) groups excluding carboxylic acids is 1. The van der Waals surface area contributed by atoms with Gasteiger partial charge in [-0.15, -0.1) is 0 Å². The van der Waals surface area contributed by atoms with Crippen molar-refractivity contribution < 1.29 is 4.79 Å². The summed E-state index contributed by atoms with van der Waals surface area (Å²) in [7, 11) is 0. The molecule has 6 nitrogen and oxygen atoms in total. The van der Waals surface area contributed by atoms with Gasteiger partial charge in [-0.05, 0) is 43.5 Å². The minimum absolute atomic E-state index is 0.0378. The molecule has 1 saturated heterocycles. The maximum atomic E-state index is 12.4. The third-order valence-electron chi connectivity index (χ3n) is 5.49. The van der Waals surface area contributed by atoms with Crippen LogP contribution in [0.3, 0.4) is 0 Å². The smallest absolute Gasteiger partial charge is 0.251 e. The lowest BCUT2D eigenvalue weighted by Gasteiger charge is -2.26. The minimum Gasteiger partial charge on any atom is -0.352 e. The van der Waals surface area contributed by atoms with Crippen LogP contribution >= 0.6 is 0 Å². The number of amides is 1. The Morgan fingerprint density at radius 3 is 2.60 bits per heavy atom. The molecule has 3 aromatic rings. The third kappa shape index (κ3) is 4.76. The van der Waals surface area contributed by atoms with E-state index in [9.17, 15) is 4.79 Å². The number of aromatic nitrogens is 2. The molecular weight excluding hydrogens is 374 g/mol. The molecule has 0 radical (unpaired) electrons. The molecule has 1 aliphatic rings. The van der Waals surface area contributed by atoms with E-state index in [0.717, 1.165) is 25.2 Å². The second kappa shape index (κ2) is 9.39. The highest BCUT2D eigenvalue weighted by Crippen LogP contribution is 2.25. The fraction of sp³-hybridized carbons (Fsp3) is 0.292. The first-order valence-electron chi connectivity index (χ1n) is 10.4. The minimum atomic E-state index is -0.0378. The van der Waals surface area contributed by atoms with Gasteiger partial charge in [0.2, 0.25) is 5.95 Å². The van der Waals surface area contributed by atoms with E-state index in [1.165, 1.54) is 5.56 Å². The lowest BCUT2D eigenvalue weighted by atomic mass is 10.1. The predicted octanol–water partition coefficient (Wildman–Crippen LogP) is 4.05. The van der Waals surface area contributed by atoms with Gasteiger partial charge in [-0.1, -0.05) is 48.5 Å². The first kappa shape index (κ1) is 19.9. The van der Waals surface area contributed by atoms with Crippen LogP contribution in [0, 0.1) is 0 Å². The van der Waals surface area contributed by atoms with E-state index >= 15 is 0 Å². The summed E-state index contributed by atoms with van der Waals surface area (Å²) < 4.78 is 0. The Kier molecular flexibility index (Phi) is 6.23. The lowest BCUT2D eigenvalue weighted by molar-refractivity contribution is 0.0951. The molecule has 2 heterocycles. The summed E-state index contributed by atoms with van der Waals surface area (Å²) in [5.74, 6) is 1.47. The Morgan fingerprint density at radius 1 is 1.10 bits per heavy atom. The molecular formula is C24H27N5O. The molecule has 6 heteroatoms. The van der Waals surface area contributed by atoms with Crippen molar-refractivity contribution in [2.75, 3.05) is 23.3 Å². The van der Waals surface area contributed by atoms with Gasteiger partial charge in [0.15, 0.2) is 0 Å². The number of rotatable bonds is 7. The van der Waals surface area contributed by atoms with Gasteiger partial charge < -0.3 is 15.5 Å². The summed E-state index contributed by atoms with van der Waals surface area (Å²) in [6, 6.07) is 21.9. The third-order valence-corrected chi connectivity index (χ3v) is 5.49. The fourth-order valence-corrected chi connectivity index (χ4v) is 3.85. The average molecular weight is 402 g/mol. The average Bonchev–Trinajstić information content (AvgIpc) is 3.27. The maximum absolute atomic E-state index is 12.4. The molecule has 1 aromatic heterocycles. The van der Waals surface area contributed by atoms with Crippen molar-refractivity contribution in [3.8, 4) is 0 Å². The van der Waals surface area contributed by atoms with Gasteiger partial charge in [0, 0.05) is 30.9 Å². The molecule has 0 aliphatic carbocycles. The largest absolute Gasteiger partial charge is 0.352 e. The van der Waals surface area contributed by atoms with Crippen LogP contribution in [0.15, 0.2) is 72.9 Å². The van der Waals surface area contributed by atoms with Crippen LogP contribution in [0.25, 0.3) is 0 Å². The second-order valence-corrected chi connectivity index (χ2v) is 7.58. The highest BCUT2D eigenvalue weighted by Gasteiger charge is 2.26. The van der Waals surface area contributed by atoms with Gasteiger partial charge in [-0.25, -0.2) is 4.98 Å². The SMILES string of the molecule is C[C@H](Nc1nccc(N2CCC[C@H]2CNC(=O)c2ccccc2)n1)c1ccccc1. The molecule has 0 bridgehead atoms. The molecule has 0 unspecified atom stereocenters. The summed E-state index contributed by atoms with van der Waals surface area (Å²) in [4.78, 5) is 23.8. The molecule has 4 rings (SSSR count). The summed E-state index contributed by atoms with van der Waals surface area (Å²) in [5.41, 5.74) is 1.87. The number of hydrogen-bond acceptors (Lipinski definition) is 5. The fourth-order valence-electron chi connectivity index (χ4n) is 3.85. The second-order valence-electron chi connectivity index (χ2n) is 7.58. The predicted molar refractivity (Wildman–Crippen MR) is 120 cm³/mol. The van der Waals surface area contributed by atoms with Crippen molar-refractivity contribution in [1.29, 1.82) is 0 Å². The molecule has 2 N–H and O–H groups in total. The lowest BCUT2D eigenvalue weighted by Crippen LogP contribution is -2.40. The number of nitrogens with zero attached hydrogens (tertiary/aromatic N) is 3. The van der Waals surface area contributed by atoms with E-state index in [-0.39, 0.29) is 18.0 Å². The topological polar surface area (TPSA) is 70.2 Å². The highest BCUT2D eigenvalue weighted by atomic mass is 16.1. The van der Waals surface area contributed by atoms with Crippen LogP contribution in [-0.4, -0.2) is 35.0 Å². The van der Waals surface area contributed by atoms with Crippen LogP contribution in [0.4, 0.5) is 11.8 Å². The van der Waals surface area contributed by atoms with E-state index in [1.54, 1.807) is 6.20 Å². The first-order valence-corrected chi connectivity index (χ1v) is 10.4. The normalized spacial score (nSPS) is 16.8. The van der Waals surface area contributed by atoms with Crippen molar-refractivity contribution in [2.24, 2.45) is 0 Å². The summed E-state index contributed by atoms with van der Waals surface area (Å²) in [6.45, 7) is 3.63. The van der Waals surface area contributed by atoms with Crippen molar-refractivity contribution in [3.05, 3.63) is 84.1 Å². The molecule has 0 saturated carbocycles. The highest BCUT2D eigenvalue weighted by molar-refractivity contribution is 5.94.